The van der Waals surface area contributed by atoms with Crippen LogP contribution in [0, 0.1) is 5.92 Å². The van der Waals surface area contributed by atoms with Crippen molar-refractivity contribution in [3.05, 3.63) is 12.4 Å². The molecule has 7 heteroatoms. The molecule has 1 saturated heterocycles. The van der Waals surface area contributed by atoms with E-state index >= 15 is 0 Å². The van der Waals surface area contributed by atoms with Gasteiger partial charge in [-0.2, -0.15) is 4.31 Å². The van der Waals surface area contributed by atoms with Crippen molar-refractivity contribution in [2.45, 2.75) is 5.16 Å². The Morgan fingerprint density at radius 3 is 2.86 bits per heavy atom. The maximum Gasteiger partial charge on any atom is 0.276 e. The van der Waals surface area contributed by atoms with Gasteiger partial charge in [0.15, 0.2) is 0 Å². The minimum Gasteiger partial charge on any atom is -0.334 e. The van der Waals surface area contributed by atoms with Crippen molar-refractivity contribution in [1.82, 2.24) is 14.3 Å². The molecule has 5 nitrogen and oxygen atoms in total. The summed E-state index contributed by atoms with van der Waals surface area (Å²) < 4.78 is 24.9. The van der Waals surface area contributed by atoms with Crippen LogP contribution in [0.15, 0.2) is 17.6 Å². The van der Waals surface area contributed by atoms with E-state index in [2.05, 4.69) is 25.9 Å². The molecule has 2 rings (SSSR count). The smallest absolute Gasteiger partial charge is 0.276 e. The van der Waals surface area contributed by atoms with E-state index in [1.54, 1.807) is 0 Å². The molecule has 1 aliphatic heterocycles. The Morgan fingerprint density at radius 2 is 2.36 bits per heavy atom. The summed E-state index contributed by atoms with van der Waals surface area (Å²) in [5, 5.41) is 0.877. The van der Waals surface area contributed by atoms with E-state index in [1.807, 2.05) is 0 Å². The topological polar surface area (TPSA) is 66.1 Å². The van der Waals surface area contributed by atoms with Gasteiger partial charge in [0, 0.05) is 30.8 Å². The molecule has 0 bridgehead atoms. The van der Waals surface area contributed by atoms with Crippen LogP contribution in [-0.2, 0) is 10.0 Å². The maximum absolute atomic E-state index is 11.8. The van der Waals surface area contributed by atoms with Gasteiger partial charge < -0.3 is 4.98 Å². The monoisotopic (exact) mass is 279 g/mol. The molecule has 0 radical (unpaired) electrons. The molecule has 0 aliphatic carbocycles. The Balaban J connectivity index is 2.12. The lowest BCUT2D eigenvalue weighted by Crippen LogP contribution is -2.50. The van der Waals surface area contributed by atoms with Gasteiger partial charge in [0.1, 0.15) is 0 Å². The van der Waals surface area contributed by atoms with Crippen LogP contribution in [0.2, 0.25) is 0 Å². The van der Waals surface area contributed by atoms with Crippen LogP contribution in [0.1, 0.15) is 0 Å². The highest BCUT2D eigenvalue weighted by Gasteiger charge is 2.37. The molecule has 0 saturated carbocycles. The predicted molar refractivity (Wildman–Crippen MR) is 54.6 cm³/mol. The molecular formula is C7H10BrN3O2S. The molecule has 0 atom stereocenters. The average molecular weight is 280 g/mol. The number of hydrogen-bond acceptors (Lipinski definition) is 3. The first-order valence-corrected chi connectivity index (χ1v) is 6.76. The number of aromatic nitrogens is 2. The first-order chi connectivity index (χ1) is 6.64. The second-order valence-corrected chi connectivity index (χ2v) is 5.74. The van der Waals surface area contributed by atoms with E-state index in [0.717, 1.165) is 5.33 Å². The number of imidazole rings is 1. The van der Waals surface area contributed by atoms with Crippen molar-refractivity contribution < 1.29 is 8.42 Å². The summed E-state index contributed by atoms with van der Waals surface area (Å²) >= 11 is 3.32. The number of H-pyrrole nitrogens is 1. The summed E-state index contributed by atoms with van der Waals surface area (Å²) in [7, 11) is -3.36. The van der Waals surface area contributed by atoms with E-state index in [-0.39, 0.29) is 5.16 Å². The van der Waals surface area contributed by atoms with E-state index < -0.39 is 10.0 Å². The molecule has 0 amide bonds. The Kier molecular flexibility index (Phi) is 2.63. The van der Waals surface area contributed by atoms with Gasteiger partial charge in [0.25, 0.3) is 10.0 Å². The van der Waals surface area contributed by atoms with Gasteiger partial charge in [-0.25, -0.2) is 13.4 Å². The zero-order chi connectivity index (χ0) is 10.2. The number of sulfonamides is 1. The van der Waals surface area contributed by atoms with E-state index in [0.29, 0.717) is 19.0 Å². The van der Waals surface area contributed by atoms with Crippen LogP contribution in [0.4, 0.5) is 0 Å². The van der Waals surface area contributed by atoms with Gasteiger partial charge in [0.05, 0.1) is 0 Å². The van der Waals surface area contributed by atoms with Crippen molar-refractivity contribution >= 4 is 26.0 Å². The fourth-order valence-electron chi connectivity index (χ4n) is 1.33. The largest absolute Gasteiger partial charge is 0.334 e. The number of hydrogen-bond donors (Lipinski definition) is 1. The summed E-state index contributed by atoms with van der Waals surface area (Å²) in [6, 6.07) is 0. The Hall–Kier alpha value is -0.400. The van der Waals surface area contributed by atoms with Crippen LogP contribution in [-0.4, -0.2) is 41.1 Å². The molecular weight excluding hydrogens is 270 g/mol. The quantitative estimate of drug-likeness (QED) is 0.816. The number of nitrogens with one attached hydrogen (secondary N) is 1. The highest BCUT2D eigenvalue weighted by Crippen LogP contribution is 2.23. The maximum atomic E-state index is 11.8. The highest BCUT2D eigenvalue weighted by molar-refractivity contribution is 9.09. The van der Waals surface area contributed by atoms with Crippen molar-refractivity contribution in [3.63, 3.8) is 0 Å². The van der Waals surface area contributed by atoms with Crippen molar-refractivity contribution in [2.75, 3.05) is 18.4 Å². The number of rotatable bonds is 3. The van der Waals surface area contributed by atoms with Crippen molar-refractivity contribution in [3.8, 4) is 0 Å². The van der Waals surface area contributed by atoms with Crippen molar-refractivity contribution in [1.29, 1.82) is 0 Å². The Labute approximate surface area is 90.7 Å². The van der Waals surface area contributed by atoms with E-state index in [4.69, 9.17) is 0 Å². The molecule has 78 valence electrons. The molecule has 0 spiro atoms. The first-order valence-electron chi connectivity index (χ1n) is 4.20. The molecule has 0 aromatic carbocycles. The lowest BCUT2D eigenvalue weighted by molar-refractivity contribution is 0.222. The number of halogens is 1. The van der Waals surface area contributed by atoms with Gasteiger partial charge >= 0.3 is 0 Å². The predicted octanol–water partition coefficient (Wildman–Crippen LogP) is 0.425. The second kappa shape index (κ2) is 3.63. The molecule has 1 N–H and O–H groups in total. The Bertz CT molecular complexity index is 397. The van der Waals surface area contributed by atoms with Gasteiger partial charge in [-0.1, -0.05) is 15.9 Å². The number of alkyl halides is 1. The van der Waals surface area contributed by atoms with Crippen LogP contribution in [0.25, 0.3) is 0 Å². The summed E-state index contributed by atoms with van der Waals surface area (Å²) in [6.45, 7) is 1.16. The molecule has 1 fully saturated rings. The first kappa shape index (κ1) is 10.1. The SMILES string of the molecule is O=S(=O)(c1ncc[nH]1)N1CC(CBr)C1. The minimum absolute atomic E-state index is 0.0329. The normalized spacial score (nSPS) is 19.5. The lowest BCUT2D eigenvalue weighted by atomic mass is 10.1. The van der Waals surface area contributed by atoms with Gasteiger partial charge in [-0.15, -0.1) is 0 Å². The number of nitrogens with zero attached hydrogens (tertiary/aromatic N) is 2. The third kappa shape index (κ3) is 1.59. The van der Waals surface area contributed by atoms with Gasteiger partial charge in [-0.3, -0.25) is 0 Å². The highest BCUT2D eigenvalue weighted by atomic mass is 79.9. The fourth-order valence-corrected chi connectivity index (χ4v) is 3.21. The molecule has 2 heterocycles. The van der Waals surface area contributed by atoms with Crippen LogP contribution < -0.4 is 0 Å². The third-order valence-electron chi connectivity index (χ3n) is 2.20. The van der Waals surface area contributed by atoms with E-state index in [1.165, 1.54) is 16.7 Å². The fraction of sp³-hybridized carbons (Fsp3) is 0.571. The molecule has 1 aromatic heterocycles. The summed E-state index contributed by atoms with van der Waals surface area (Å²) in [5.41, 5.74) is 0. The Morgan fingerprint density at radius 1 is 1.64 bits per heavy atom. The van der Waals surface area contributed by atoms with Gasteiger partial charge in [-0.05, 0) is 5.92 Å². The summed E-state index contributed by atoms with van der Waals surface area (Å²) in [5.74, 6) is 0.430. The van der Waals surface area contributed by atoms with Crippen LogP contribution in [0.5, 0.6) is 0 Å². The lowest BCUT2D eigenvalue weighted by Gasteiger charge is -2.36. The standard InChI is InChI=1S/C7H10BrN3O2S/c8-3-6-4-11(5-6)14(12,13)7-9-1-2-10-7/h1-2,6H,3-5H2,(H,9,10). The average Bonchev–Trinajstić information content (AvgIpc) is 2.53. The minimum atomic E-state index is -3.36. The van der Waals surface area contributed by atoms with Crippen molar-refractivity contribution in [2.24, 2.45) is 5.92 Å². The summed E-state index contributed by atoms with van der Waals surface area (Å²) in [6.07, 6.45) is 2.95. The van der Waals surface area contributed by atoms with E-state index in [9.17, 15) is 8.42 Å². The summed E-state index contributed by atoms with van der Waals surface area (Å²) in [4.78, 5) is 6.35. The van der Waals surface area contributed by atoms with Crippen LogP contribution in [0.3, 0.4) is 0 Å². The molecule has 1 aliphatic rings. The zero-order valence-electron chi connectivity index (χ0n) is 7.35. The number of aromatic amines is 1. The van der Waals surface area contributed by atoms with Crippen LogP contribution >= 0.6 is 15.9 Å². The molecule has 0 unspecified atom stereocenters. The molecule has 1 aromatic rings. The molecule has 14 heavy (non-hydrogen) atoms. The van der Waals surface area contributed by atoms with Gasteiger partial charge in [0.2, 0.25) is 5.16 Å². The second-order valence-electron chi connectivity index (χ2n) is 3.24. The third-order valence-corrected chi connectivity index (χ3v) is 4.80. The zero-order valence-corrected chi connectivity index (χ0v) is 9.75.